The van der Waals surface area contributed by atoms with Crippen molar-refractivity contribution in [2.24, 2.45) is 5.73 Å². The van der Waals surface area contributed by atoms with Gasteiger partial charge in [0.1, 0.15) is 6.10 Å². The van der Waals surface area contributed by atoms with Crippen LogP contribution in [0, 0.1) is 0 Å². The van der Waals surface area contributed by atoms with Gasteiger partial charge in [0.05, 0.1) is 26.2 Å². The molecular weight excluding hydrogens is 661 g/mol. The van der Waals surface area contributed by atoms with E-state index < -0.39 is 19.9 Å². The maximum absolute atomic E-state index is 12.5. The summed E-state index contributed by atoms with van der Waals surface area (Å²) in [6.45, 7) is 4.60. The maximum atomic E-state index is 12.5. The number of unbranched alkanes of at least 4 members (excludes halogenated alkanes) is 10. The van der Waals surface area contributed by atoms with E-state index in [1.165, 1.54) is 51.4 Å². The molecule has 0 rings (SSSR count). The molecule has 0 spiro atoms. The lowest BCUT2D eigenvalue weighted by molar-refractivity contribution is -0.153. The molecule has 2 atom stereocenters. The van der Waals surface area contributed by atoms with Gasteiger partial charge >= 0.3 is 13.8 Å². The van der Waals surface area contributed by atoms with Crippen LogP contribution in [0.3, 0.4) is 0 Å². The van der Waals surface area contributed by atoms with Crippen LogP contribution in [0.15, 0.2) is 85.1 Å². The number of phosphoric acid groups is 1. The minimum absolute atomic E-state index is 0.0642. The van der Waals surface area contributed by atoms with Gasteiger partial charge in [0, 0.05) is 13.2 Å². The van der Waals surface area contributed by atoms with Crippen LogP contribution in [-0.2, 0) is 27.9 Å². The molecule has 0 fully saturated rings. The highest BCUT2D eigenvalue weighted by Gasteiger charge is 2.25. The van der Waals surface area contributed by atoms with Crippen molar-refractivity contribution >= 4 is 13.8 Å². The van der Waals surface area contributed by atoms with E-state index in [1.54, 1.807) is 6.08 Å². The van der Waals surface area contributed by atoms with Gasteiger partial charge in [-0.1, -0.05) is 144 Å². The Morgan fingerprint density at radius 2 is 1.10 bits per heavy atom. The third-order valence-electron chi connectivity index (χ3n) is 7.58. The van der Waals surface area contributed by atoms with Crippen molar-refractivity contribution in [3.8, 4) is 0 Å². The summed E-state index contributed by atoms with van der Waals surface area (Å²) < 4.78 is 33.2. The van der Waals surface area contributed by atoms with Crippen LogP contribution < -0.4 is 5.73 Å². The fraction of sp³-hybridized carbons (Fsp3) is 0.643. The van der Waals surface area contributed by atoms with Gasteiger partial charge in [0.2, 0.25) is 0 Å². The number of hydrogen-bond acceptors (Lipinski definition) is 7. The summed E-state index contributed by atoms with van der Waals surface area (Å²) in [5.74, 6) is -0.464. The first-order valence-corrected chi connectivity index (χ1v) is 21.1. The molecule has 0 aromatic rings. The molecular formula is C42H72NO7P. The highest BCUT2D eigenvalue weighted by Crippen LogP contribution is 2.43. The largest absolute Gasteiger partial charge is 0.472 e. The lowest BCUT2D eigenvalue weighted by Crippen LogP contribution is -2.28. The summed E-state index contributed by atoms with van der Waals surface area (Å²) >= 11 is 0. The fourth-order valence-electron chi connectivity index (χ4n) is 4.75. The van der Waals surface area contributed by atoms with Crippen LogP contribution in [0.1, 0.15) is 136 Å². The molecule has 0 aliphatic rings. The molecule has 51 heavy (non-hydrogen) atoms. The molecule has 9 heteroatoms. The second-order valence-corrected chi connectivity index (χ2v) is 13.9. The van der Waals surface area contributed by atoms with Gasteiger partial charge in [0.15, 0.2) is 0 Å². The van der Waals surface area contributed by atoms with Gasteiger partial charge in [-0.3, -0.25) is 13.8 Å². The number of nitrogens with two attached hydrogens (primary N) is 1. The molecule has 0 aliphatic carbocycles. The van der Waals surface area contributed by atoms with Gasteiger partial charge in [-0.2, -0.15) is 0 Å². The molecule has 0 aliphatic heterocycles. The van der Waals surface area contributed by atoms with Crippen molar-refractivity contribution in [3.63, 3.8) is 0 Å². The first kappa shape index (κ1) is 48.7. The first-order chi connectivity index (χ1) is 24.9. The topological polar surface area (TPSA) is 117 Å². The van der Waals surface area contributed by atoms with Gasteiger partial charge in [-0.15, -0.1) is 0 Å². The number of ether oxygens (including phenoxy) is 2. The van der Waals surface area contributed by atoms with E-state index in [1.807, 2.05) is 6.08 Å². The molecule has 292 valence electrons. The van der Waals surface area contributed by atoms with Gasteiger partial charge in [0.25, 0.3) is 0 Å². The predicted molar refractivity (Wildman–Crippen MR) is 215 cm³/mol. The summed E-state index contributed by atoms with van der Waals surface area (Å²) in [5, 5.41) is 0. The van der Waals surface area contributed by atoms with E-state index >= 15 is 0 Å². The minimum atomic E-state index is -4.31. The minimum Gasteiger partial charge on any atom is -0.457 e. The zero-order chi connectivity index (χ0) is 37.4. The Labute approximate surface area is 311 Å². The number of phosphoric ester groups is 1. The van der Waals surface area contributed by atoms with Gasteiger partial charge < -0.3 is 20.1 Å². The second kappa shape index (κ2) is 38.9. The standard InChI is InChI=1S/C42H72NO7P/c1-3-5-7-9-11-13-15-17-19-20-22-24-26-28-30-32-34-37-47-39-41(40-49-51(45,46)48-38-36-43)50-42(44)35-33-31-29-27-25-23-21-18-16-14-12-10-8-6-4-2/h6,8,12-15,18-21,25,27,31,33,41H,3-5,7,9-11,16-17,22-24,26,28-30,32,34-40,43H2,1-2H3,(H,45,46)/b8-6-,14-12-,15-13-,20-19-,21-18-,27-25-,33-31-. The van der Waals surface area contributed by atoms with Crippen LogP contribution in [0.5, 0.6) is 0 Å². The monoisotopic (exact) mass is 734 g/mol. The van der Waals surface area contributed by atoms with E-state index in [2.05, 4.69) is 86.8 Å². The lowest BCUT2D eigenvalue weighted by Gasteiger charge is -2.19. The van der Waals surface area contributed by atoms with Crippen molar-refractivity contribution < 1.29 is 32.8 Å². The Bertz CT molecular complexity index is 1050. The maximum Gasteiger partial charge on any atom is 0.472 e. The molecule has 3 N–H and O–H groups in total. The van der Waals surface area contributed by atoms with Crippen molar-refractivity contribution in [3.05, 3.63) is 85.1 Å². The van der Waals surface area contributed by atoms with Crippen LogP contribution in [0.25, 0.3) is 0 Å². The second-order valence-electron chi connectivity index (χ2n) is 12.4. The smallest absolute Gasteiger partial charge is 0.457 e. The summed E-state index contributed by atoms with van der Waals surface area (Å²) in [6, 6.07) is 0. The van der Waals surface area contributed by atoms with Crippen molar-refractivity contribution in [1.29, 1.82) is 0 Å². The van der Waals surface area contributed by atoms with Crippen LogP contribution in [-0.4, -0.2) is 49.9 Å². The molecule has 0 saturated heterocycles. The lowest BCUT2D eigenvalue weighted by atomic mass is 10.1. The molecule has 0 bridgehead atoms. The third-order valence-corrected chi connectivity index (χ3v) is 8.56. The van der Waals surface area contributed by atoms with Crippen molar-refractivity contribution in [1.82, 2.24) is 0 Å². The molecule has 0 radical (unpaired) electrons. The number of allylic oxidation sites excluding steroid dienone is 13. The van der Waals surface area contributed by atoms with Gasteiger partial charge in [-0.05, 0) is 70.6 Å². The number of rotatable bonds is 36. The van der Waals surface area contributed by atoms with E-state index in [-0.39, 0.29) is 32.8 Å². The van der Waals surface area contributed by atoms with Crippen LogP contribution in [0.4, 0.5) is 0 Å². The molecule has 0 heterocycles. The number of carbonyl (C=O) groups is 1. The van der Waals surface area contributed by atoms with Gasteiger partial charge in [-0.25, -0.2) is 4.57 Å². The number of carbonyl (C=O) groups excluding carboxylic acids is 1. The third kappa shape index (κ3) is 38.7. The average Bonchev–Trinajstić information content (AvgIpc) is 3.12. The molecule has 2 unspecified atom stereocenters. The normalized spacial score (nSPS) is 14.5. The zero-order valence-corrected chi connectivity index (χ0v) is 32.9. The summed E-state index contributed by atoms with van der Waals surface area (Å²) in [7, 11) is -4.31. The summed E-state index contributed by atoms with van der Waals surface area (Å²) in [4.78, 5) is 22.3. The Balaban J connectivity index is 4.25. The van der Waals surface area contributed by atoms with Crippen LogP contribution in [0.2, 0.25) is 0 Å². The Hall–Kier alpha value is -2.32. The van der Waals surface area contributed by atoms with E-state index in [0.717, 1.165) is 57.8 Å². The predicted octanol–water partition coefficient (Wildman–Crippen LogP) is 11.4. The highest BCUT2D eigenvalue weighted by atomic mass is 31.2. The van der Waals surface area contributed by atoms with Crippen molar-refractivity contribution in [2.45, 2.75) is 142 Å². The fourth-order valence-corrected chi connectivity index (χ4v) is 5.51. The first-order valence-electron chi connectivity index (χ1n) is 19.6. The Morgan fingerprint density at radius 1 is 0.608 bits per heavy atom. The Morgan fingerprint density at radius 3 is 1.65 bits per heavy atom. The van der Waals surface area contributed by atoms with E-state index in [0.29, 0.717) is 13.0 Å². The molecule has 0 aromatic carbocycles. The molecule has 8 nitrogen and oxygen atoms in total. The molecule has 0 aromatic heterocycles. The molecule has 0 saturated carbocycles. The van der Waals surface area contributed by atoms with E-state index in [9.17, 15) is 14.3 Å². The van der Waals surface area contributed by atoms with E-state index in [4.69, 9.17) is 24.3 Å². The highest BCUT2D eigenvalue weighted by molar-refractivity contribution is 7.47. The average molecular weight is 734 g/mol. The Kier molecular flexibility index (Phi) is 37.1. The molecule has 0 amide bonds. The number of hydrogen-bond donors (Lipinski definition) is 2. The van der Waals surface area contributed by atoms with Crippen LogP contribution >= 0.6 is 7.82 Å². The SMILES string of the molecule is CC/C=C\C/C=C\C/C=C\C/C=C\C/C=C\CC(=O)OC(COCCCCCCCC/C=C\C/C=C\CCCCCC)COP(=O)(O)OCCN. The number of esters is 1. The van der Waals surface area contributed by atoms with Crippen molar-refractivity contribution in [2.75, 3.05) is 33.0 Å². The quantitative estimate of drug-likeness (QED) is 0.0283. The summed E-state index contributed by atoms with van der Waals surface area (Å²) in [6.07, 6.45) is 49.1. The zero-order valence-electron chi connectivity index (χ0n) is 32.1. The summed E-state index contributed by atoms with van der Waals surface area (Å²) in [5.41, 5.74) is 5.35.